The Morgan fingerprint density at radius 1 is 1.29 bits per heavy atom. The Hall–Kier alpha value is -1.09. The van der Waals surface area contributed by atoms with Crippen LogP contribution >= 0.6 is 0 Å². The smallest absolute Gasteiger partial charge is 0.165 e. The molecule has 3 atom stereocenters. The third-order valence-electron chi connectivity index (χ3n) is 4.77. The van der Waals surface area contributed by atoms with E-state index in [1.165, 1.54) is 26.4 Å². The van der Waals surface area contributed by atoms with Crippen LogP contribution in [0.2, 0.25) is 0 Å². The summed E-state index contributed by atoms with van der Waals surface area (Å²) in [7, 11) is 1.51. The number of hydrogen-bond acceptors (Lipinski definition) is 2. The predicted molar refractivity (Wildman–Crippen MR) is 85.2 cm³/mol. The zero-order valence-electron chi connectivity index (χ0n) is 13.5. The van der Waals surface area contributed by atoms with Crippen molar-refractivity contribution in [2.45, 2.75) is 39.5 Å². The molecule has 0 aliphatic heterocycles. The lowest BCUT2D eigenvalue weighted by Crippen LogP contribution is -2.33. The second-order valence-electron chi connectivity index (χ2n) is 6.42. The molecule has 0 saturated heterocycles. The van der Waals surface area contributed by atoms with Gasteiger partial charge in [0.1, 0.15) is 0 Å². The van der Waals surface area contributed by atoms with Gasteiger partial charge in [-0.15, -0.1) is 0 Å². The number of methoxy groups -OCH3 is 1. The number of halogens is 1. The van der Waals surface area contributed by atoms with Crippen LogP contribution in [0.25, 0.3) is 0 Å². The number of rotatable bonds is 6. The molecule has 1 fully saturated rings. The van der Waals surface area contributed by atoms with Gasteiger partial charge >= 0.3 is 0 Å². The van der Waals surface area contributed by atoms with Gasteiger partial charge in [-0.1, -0.05) is 26.3 Å². The topological polar surface area (TPSA) is 21.3 Å². The third-order valence-corrected chi connectivity index (χ3v) is 4.77. The molecule has 0 bridgehead atoms. The average Bonchev–Trinajstić information content (AvgIpc) is 2.47. The van der Waals surface area contributed by atoms with E-state index in [-0.39, 0.29) is 5.82 Å². The molecule has 0 radical (unpaired) electrons. The summed E-state index contributed by atoms with van der Waals surface area (Å²) in [5.74, 6) is 2.24. The number of ether oxygens (including phenoxy) is 1. The van der Waals surface area contributed by atoms with E-state index in [2.05, 4.69) is 19.2 Å². The van der Waals surface area contributed by atoms with Crippen LogP contribution in [0, 0.1) is 23.6 Å². The summed E-state index contributed by atoms with van der Waals surface area (Å²) in [5, 5.41) is 3.48. The number of benzene rings is 1. The van der Waals surface area contributed by atoms with Crippen molar-refractivity contribution in [1.29, 1.82) is 0 Å². The van der Waals surface area contributed by atoms with Gasteiger partial charge in [0.2, 0.25) is 0 Å². The summed E-state index contributed by atoms with van der Waals surface area (Å²) < 4.78 is 18.8. The van der Waals surface area contributed by atoms with E-state index in [1.54, 1.807) is 12.1 Å². The Bertz CT molecular complexity index is 447. The van der Waals surface area contributed by atoms with Gasteiger partial charge in [-0.25, -0.2) is 4.39 Å². The maximum absolute atomic E-state index is 13.8. The number of hydrogen-bond donors (Lipinski definition) is 1. The molecule has 3 unspecified atom stereocenters. The van der Waals surface area contributed by atoms with Crippen molar-refractivity contribution in [2.75, 3.05) is 20.2 Å². The van der Waals surface area contributed by atoms with Crippen LogP contribution in [0.15, 0.2) is 18.2 Å². The Balaban J connectivity index is 2.04. The summed E-state index contributed by atoms with van der Waals surface area (Å²) in [4.78, 5) is 0. The average molecular weight is 293 g/mol. The van der Waals surface area contributed by atoms with Crippen molar-refractivity contribution in [2.24, 2.45) is 17.8 Å². The summed E-state index contributed by atoms with van der Waals surface area (Å²) in [6, 6.07) is 5.39. The lowest BCUT2D eigenvalue weighted by atomic mass is 9.72. The molecule has 1 aromatic carbocycles. The summed E-state index contributed by atoms with van der Waals surface area (Å²) in [6.07, 6.45) is 4.84. The lowest BCUT2D eigenvalue weighted by Gasteiger charge is -2.35. The van der Waals surface area contributed by atoms with Crippen LogP contribution < -0.4 is 10.1 Å². The van der Waals surface area contributed by atoms with E-state index in [9.17, 15) is 4.39 Å². The molecule has 2 nitrogen and oxygen atoms in total. The van der Waals surface area contributed by atoms with Crippen molar-refractivity contribution in [3.63, 3.8) is 0 Å². The molecule has 1 saturated carbocycles. The minimum absolute atomic E-state index is 0.248. The minimum atomic E-state index is -0.248. The van der Waals surface area contributed by atoms with E-state index in [4.69, 9.17) is 4.74 Å². The van der Waals surface area contributed by atoms with Crippen molar-refractivity contribution in [3.8, 4) is 5.75 Å². The third kappa shape index (κ3) is 4.44. The summed E-state index contributed by atoms with van der Waals surface area (Å²) in [6.45, 7) is 6.60. The second kappa shape index (κ2) is 7.79. The molecule has 2 rings (SSSR count). The zero-order valence-corrected chi connectivity index (χ0v) is 13.5. The van der Waals surface area contributed by atoms with Gasteiger partial charge in [0.25, 0.3) is 0 Å². The van der Waals surface area contributed by atoms with Crippen LogP contribution in [0.1, 0.15) is 38.7 Å². The molecule has 0 amide bonds. The van der Waals surface area contributed by atoms with E-state index < -0.39 is 0 Å². The van der Waals surface area contributed by atoms with Gasteiger partial charge in [-0.3, -0.25) is 0 Å². The minimum Gasteiger partial charge on any atom is -0.494 e. The van der Waals surface area contributed by atoms with Crippen LogP contribution in [-0.4, -0.2) is 20.2 Å². The fourth-order valence-electron chi connectivity index (χ4n) is 3.55. The lowest BCUT2D eigenvalue weighted by molar-refractivity contribution is 0.184. The molecule has 0 aromatic heterocycles. The molecule has 1 N–H and O–H groups in total. The summed E-state index contributed by atoms with van der Waals surface area (Å²) in [5.41, 5.74) is 1.09. The highest BCUT2D eigenvalue weighted by molar-refractivity contribution is 5.29. The van der Waals surface area contributed by atoms with Gasteiger partial charge in [0.15, 0.2) is 11.6 Å². The highest BCUT2D eigenvalue weighted by atomic mass is 19.1. The van der Waals surface area contributed by atoms with E-state index >= 15 is 0 Å². The molecular weight excluding hydrogens is 265 g/mol. The van der Waals surface area contributed by atoms with E-state index in [0.717, 1.165) is 31.0 Å². The predicted octanol–water partition coefficient (Wildman–Crippen LogP) is 4.04. The first kappa shape index (κ1) is 16.3. The van der Waals surface area contributed by atoms with Crippen molar-refractivity contribution >= 4 is 0 Å². The van der Waals surface area contributed by atoms with Crippen LogP contribution in [-0.2, 0) is 6.42 Å². The molecular formula is C18H28FNO. The van der Waals surface area contributed by atoms with E-state index in [1.807, 2.05) is 6.07 Å². The fraction of sp³-hybridized carbons (Fsp3) is 0.667. The maximum atomic E-state index is 13.8. The second-order valence-corrected chi connectivity index (χ2v) is 6.42. The standard InChI is InChI=1S/C18H28FNO/c1-4-20-12-15-7-5-13(2)9-16(15)10-14-6-8-18(21-3)17(19)11-14/h6,8,11,13,15-16,20H,4-5,7,9-10,12H2,1-3H3. The van der Waals surface area contributed by atoms with Crippen LogP contribution in [0.3, 0.4) is 0 Å². The first-order valence-electron chi connectivity index (χ1n) is 8.17. The molecule has 118 valence electrons. The van der Waals surface area contributed by atoms with Gasteiger partial charge < -0.3 is 10.1 Å². The van der Waals surface area contributed by atoms with Crippen molar-refractivity contribution in [1.82, 2.24) is 5.32 Å². The van der Waals surface area contributed by atoms with Crippen molar-refractivity contribution in [3.05, 3.63) is 29.6 Å². The zero-order chi connectivity index (χ0) is 15.2. The fourth-order valence-corrected chi connectivity index (χ4v) is 3.55. The Kier molecular flexibility index (Phi) is 6.04. The quantitative estimate of drug-likeness (QED) is 0.854. The van der Waals surface area contributed by atoms with Gasteiger partial charge in [-0.2, -0.15) is 0 Å². The molecule has 0 spiro atoms. The Morgan fingerprint density at radius 2 is 2.10 bits per heavy atom. The highest BCUT2D eigenvalue weighted by Gasteiger charge is 2.28. The SMILES string of the molecule is CCNCC1CCC(C)CC1Cc1ccc(OC)c(F)c1. The normalized spacial score (nSPS) is 25.8. The largest absolute Gasteiger partial charge is 0.494 e. The first-order chi connectivity index (χ1) is 10.1. The maximum Gasteiger partial charge on any atom is 0.165 e. The number of nitrogens with one attached hydrogen (secondary N) is 1. The summed E-state index contributed by atoms with van der Waals surface area (Å²) >= 11 is 0. The molecule has 3 heteroatoms. The van der Waals surface area contributed by atoms with Gasteiger partial charge in [-0.05, 0) is 67.8 Å². The van der Waals surface area contributed by atoms with Crippen molar-refractivity contribution < 1.29 is 9.13 Å². The molecule has 1 aliphatic carbocycles. The molecule has 1 aliphatic rings. The van der Waals surface area contributed by atoms with Gasteiger partial charge in [0, 0.05) is 0 Å². The monoisotopic (exact) mass is 293 g/mol. The first-order valence-corrected chi connectivity index (χ1v) is 8.17. The molecule has 0 heterocycles. The molecule has 21 heavy (non-hydrogen) atoms. The Labute approximate surface area is 128 Å². The van der Waals surface area contributed by atoms with Crippen LogP contribution in [0.4, 0.5) is 4.39 Å². The van der Waals surface area contributed by atoms with E-state index in [0.29, 0.717) is 17.6 Å². The van der Waals surface area contributed by atoms with Crippen LogP contribution in [0.5, 0.6) is 5.75 Å². The van der Waals surface area contributed by atoms with Gasteiger partial charge in [0.05, 0.1) is 7.11 Å². The highest BCUT2D eigenvalue weighted by Crippen LogP contribution is 2.36. The molecule has 1 aromatic rings. The Morgan fingerprint density at radius 3 is 2.76 bits per heavy atom.